The highest BCUT2D eigenvalue weighted by Gasteiger charge is 2.28. The van der Waals surface area contributed by atoms with Crippen LogP contribution in [0.5, 0.6) is 0 Å². The van der Waals surface area contributed by atoms with Crippen molar-refractivity contribution >= 4 is 16.0 Å². The summed E-state index contributed by atoms with van der Waals surface area (Å²) in [7, 11) is -1.68. The summed E-state index contributed by atoms with van der Waals surface area (Å²) in [5.74, 6) is 1.12. The standard InChI is InChI=1S/C22H30N4O2S/c1-18-7-6-14-26(17-18)29(27,28)21-12-10-20(11-13-21)16-25-22(23-2)24-15-19-8-4-3-5-9-19/h3-5,8-13,18H,6-7,14-17H2,1-2H3,(H2,23,24,25). The van der Waals surface area contributed by atoms with Gasteiger partial charge in [0.1, 0.15) is 0 Å². The van der Waals surface area contributed by atoms with E-state index in [1.807, 2.05) is 30.3 Å². The average Bonchev–Trinajstić information content (AvgIpc) is 2.75. The molecule has 2 N–H and O–H groups in total. The molecule has 1 saturated heterocycles. The molecule has 1 heterocycles. The van der Waals surface area contributed by atoms with Crippen LogP contribution >= 0.6 is 0 Å². The van der Waals surface area contributed by atoms with E-state index in [2.05, 4.69) is 34.7 Å². The van der Waals surface area contributed by atoms with E-state index in [4.69, 9.17) is 0 Å². The molecule has 0 amide bonds. The molecule has 3 rings (SSSR count). The van der Waals surface area contributed by atoms with Crippen LogP contribution in [-0.4, -0.2) is 38.8 Å². The van der Waals surface area contributed by atoms with Crippen LogP contribution in [0, 0.1) is 5.92 Å². The molecule has 2 aromatic carbocycles. The number of nitrogens with one attached hydrogen (secondary N) is 2. The zero-order valence-corrected chi connectivity index (χ0v) is 18.0. The Morgan fingerprint density at radius 3 is 2.24 bits per heavy atom. The minimum atomic E-state index is -3.41. The largest absolute Gasteiger partial charge is 0.352 e. The summed E-state index contributed by atoms with van der Waals surface area (Å²) in [5.41, 5.74) is 2.18. The van der Waals surface area contributed by atoms with Gasteiger partial charge in [-0.3, -0.25) is 4.99 Å². The van der Waals surface area contributed by atoms with Crippen molar-refractivity contribution in [1.82, 2.24) is 14.9 Å². The maximum Gasteiger partial charge on any atom is 0.243 e. The molecule has 1 aliphatic rings. The predicted molar refractivity (Wildman–Crippen MR) is 117 cm³/mol. The Kier molecular flexibility index (Phi) is 7.28. The highest BCUT2D eigenvalue weighted by atomic mass is 32.2. The van der Waals surface area contributed by atoms with Crippen LogP contribution in [-0.2, 0) is 23.1 Å². The van der Waals surface area contributed by atoms with Gasteiger partial charge in [0.2, 0.25) is 10.0 Å². The number of hydrogen-bond acceptors (Lipinski definition) is 3. The van der Waals surface area contributed by atoms with Gasteiger partial charge < -0.3 is 10.6 Å². The third-order valence-electron chi connectivity index (χ3n) is 5.17. The molecular formula is C22H30N4O2S. The Hall–Kier alpha value is -2.38. The van der Waals surface area contributed by atoms with Gasteiger partial charge in [-0.15, -0.1) is 0 Å². The number of guanidine groups is 1. The molecule has 1 aliphatic heterocycles. The number of sulfonamides is 1. The number of hydrogen-bond donors (Lipinski definition) is 2. The molecule has 0 aromatic heterocycles. The van der Waals surface area contributed by atoms with Crippen molar-refractivity contribution in [3.8, 4) is 0 Å². The SMILES string of the molecule is CN=C(NCc1ccccc1)NCc1ccc(S(=O)(=O)N2CCCC(C)C2)cc1. The molecule has 7 heteroatoms. The first-order chi connectivity index (χ1) is 14.0. The van der Waals surface area contributed by atoms with Gasteiger partial charge in [0.25, 0.3) is 0 Å². The summed E-state index contributed by atoms with van der Waals surface area (Å²) in [4.78, 5) is 4.60. The van der Waals surface area contributed by atoms with Gasteiger partial charge in [0.15, 0.2) is 5.96 Å². The first-order valence-corrected chi connectivity index (χ1v) is 11.5. The van der Waals surface area contributed by atoms with Gasteiger partial charge in [-0.05, 0) is 42.0 Å². The highest BCUT2D eigenvalue weighted by Crippen LogP contribution is 2.23. The van der Waals surface area contributed by atoms with Crippen molar-refractivity contribution < 1.29 is 8.42 Å². The lowest BCUT2D eigenvalue weighted by Gasteiger charge is -2.30. The predicted octanol–water partition coefficient (Wildman–Crippen LogP) is 2.97. The van der Waals surface area contributed by atoms with E-state index in [1.165, 1.54) is 5.56 Å². The average molecular weight is 415 g/mol. The number of piperidine rings is 1. The summed E-state index contributed by atoms with van der Waals surface area (Å²) in [5, 5.41) is 6.54. The normalized spacial score (nSPS) is 18.4. The first kappa shape index (κ1) is 21.3. The van der Waals surface area contributed by atoms with Crippen molar-refractivity contribution in [1.29, 1.82) is 0 Å². The van der Waals surface area contributed by atoms with Crippen LogP contribution in [0.1, 0.15) is 30.9 Å². The summed E-state index contributed by atoms with van der Waals surface area (Å²) < 4.78 is 27.3. The molecule has 156 valence electrons. The van der Waals surface area contributed by atoms with Crippen molar-refractivity contribution in [3.63, 3.8) is 0 Å². The monoisotopic (exact) mass is 414 g/mol. The number of nitrogens with zero attached hydrogens (tertiary/aromatic N) is 2. The molecule has 0 saturated carbocycles. The molecule has 0 bridgehead atoms. The Bertz CT molecular complexity index is 912. The van der Waals surface area contributed by atoms with Crippen molar-refractivity contribution in [3.05, 3.63) is 65.7 Å². The van der Waals surface area contributed by atoms with E-state index in [0.717, 1.165) is 18.4 Å². The second-order valence-corrected chi connectivity index (χ2v) is 9.46. The maximum absolute atomic E-state index is 12.9. The van der Waals surface area contributed by atoms with Crippen molar-refractivity contribution in [2.45, 2.75) is 37.8 Å². The fourth-order valence-electron chi connectivity index (χ4n) is 3.48. The molecule has 0 spiro atoms. The third-order valence-corrected chi connectivity index (χ3v) is 7.05. The van der Waals surface area contributed by atoms with E-state index in [1.54, 1.807) is 23.5 Å². The Balaban J connectivity index is 1.55. The van der Waals surface area contributed by atoms with Crippen LogP contribution in [0.4, 0.5) is 0 Å². The first-order valence-electron chi connectivity index (χ1n) is 10.1. The molecule has 2 aromatic rings. The van der Waals surface area contributed by atoms with Gasteiger partial charge in [-0.1, -0.05) is 49.4 Å². The zero-order valence-electron chi connectivity index (χ0n) is 17.1. The summed E-state index contributed by atoms with van der Waals surface area (Å²) in [6.07, 6.45) is 2.02. The van der Waals surface area contributed by atoms with Crippen LogP contribution in [0.2, 0.25) is 0 Å². The number of aliphatic imine (C=N–C) groups is 1. The Morgan fingerprint density at radius 2 is 1.66 bits per heavy atom. The second kappa shape index (κ2) is 9.89. The molecular weight excluding hydrogens is 384 g/mol. The smallest absolute Gasteiger partial charge is 0.243 e. The Labute approximate surface area is 174 Å². The van der Waals surface area contributed by atoms with E-state index >= 15 is 0 Å². The topological polar surface area (TPSA) is 73.8 Å². The van der Waals surface area contributed by atoms with Crippen LogP contribution in [0.3, 0.4) is 0 Å². The third kappa shape index (κ3) is 5.81. The molecule has 0 radical (unpaired) electrons. The van der Waals surface area contributed by atoms with E-state index in [-0.39, 0.29) is 0 Å². The maximum atomic E-state index is 12.9. The van der Waals surface area contributed by atoms with Gasteiger partial charge in [0.05, 0.1) is 4.90 Å². The van der Waals surface area contributed by atoms with E-state index in [0.29, 0.717) is 43.0 Å². The van der Waals surface area contributed by atoms with Gasteiger partial charge in [-0.2, -0.15) is 4.31 Å². The Morgan fingerprint density at radius 1 is 1.03 bits per heavy atom. The molecule has 29 heavy (non-hydrogen) atoms. The van der Waals surface area contributed by atoms with Crippen molar-refractivity contribution in [2.24, 2.45) is 10.9 Å². The highest BCUT2D eigenvalue weighted by molar-refractivity contribution is 7.89. The van der Waals surface area contributed by atoms with E-state index < -0.39 is 10.0 Å². The fraction of sp³-hybridized carbons (Fsp3) is 0.409. The quantitative estimate of drug-likeness (QED) is 0.563. The minimum absolute atomic E-state index is 0.363. The lowest BCUT2D eigenvalue weighted by molar-refractivity contribution is 0.281. The second-order valence-electron chi connectivity index (χ2n) is 7.52. The van der Waals surface area contributed by atoms with Gasteiger partial charge in [0, 0.05) is 33.2 Å². The lowest BCUT2D eigenvalue weighted by atomic mass is 10.0. The summed E-state index contributed by atoms with van der Waals surface area (Å²) in [6, 6.07) is 17.2. The molecule has 1 unspecified atom stereocenters. The van der Waals surface area contributed by atoms with E-state index in [9.17, 15) is 8.42 Å². The molecule has 6 nitrogen and oxygen atoms in total. The van der Waals surface area contributed by atoms with Gasteiger partial charge in [-0.25, -0.2) is 8.42 Å². The van der Waals surface area contributed by atoms with Crippen LogP contribution in [0.25, 0.3) is 0 Å². The lowest BCUT2D eigenvalue weighted by Crippen LogP contribution is -2.39. The number of benzene rings is 2. The molecule has 0 aliphatic carbocycles. The van der Waals surface area contributed by atoms with Crippen LogP contribution in [0.15, 0.2) is 64.5 Å². The summed E-state index contributed by atoms with van der Waals surface area (Å²) in [6.45, 7) is 4.57. The van der Waals surface area contributed by atoms with Crippen molar-refractivity contribution in [2.75, 3.05) is 20.1 Å². The minimum Gasteiger partial charge on any atom is -0.352 e. The summed E-state index contributed by atoms with van der Waals surface area (Å²) >= 11 is 0. The number of rotatable bonds is 6. The molecule has 1 atom stereocenters. The van der Waals surface area contributed by atoms with Crippen LogP contribution < -0.4 is 10.6 Å². The van der Waals surface area contributed by atoms with Gasteiger partial charge >= 0.3 is 0 Å². The zero-order chi connectivity index (χ0) is 20.7. The molecule has 1 fully saturated rings. The fourth-order valence-corrected chi connectivity index (χ4v) is 5.08.